The summed E-state index contributed by atoms with van der Waals surface area (Å²) in [5, 5.41) is 14.2. The molecular weight excluding hydrogens is 467 g/mol. The summed E-state index contributed by atoms with van der Waals surface area (Å²) in [5.41, 5.74) is 3.88. The molecule has 9 heteroatoms. The molecule has 4 heterocycles. The van der Waals surface area contributed by atoms with Gasteiger partial charge in [-0.05, 0) is 65.0 Å². The van der Waals surface area contributed by atoms with Crippen LogP contribution in [0.1, 0.15) is 28.5 Å². The molecule has 1 saturated heterocycles. The number of aliphatic hydroxyl groups excluding tert-OH is 1. The molecule has 178 valence electrons. The van der Waals surface area contributed by atoms with Gasteiger partial charge in [-0.2, -0.15) is 0 Å². The molecule has 6 rings (SSSR count). The third-order valence-corrected chi connectivity index (χ3v) is 7.12. The summed E-state index contributed by atoms with van der Waals surface area (Å²) in [4.78, 5) is 9.33. The molecule has 7 nitrogen and oxygen atoms in total. The van der Waals surface area contributed by atoms with E-state index < -0.39 is 6.10 Å². The Balaban J connectivity index is 1.14. The minimum atomic E-state index is -0.845. The first-order valence-corrected chi connectivity index (χ1v) is 12.1. The number of hydrogen-bond donors (Lipinski definition) is 2. The van der Waals surface area contributed by atoms with Crippen molar-refractivity contribution in [3.63, 3.8) is 0 Å². The molecule has 2 N–H and O–H groups in total. The third kappa shape index (κ3) is 4.68. The van der Waals surface area contributed by atoms with E-state index in [0.29, 0.717) is 24.3 Å². The zero-order valence-corrected chi connectivity index (χ0v) is 19.5. The van der Waals surface area contributed by atoms with E-state index >= 15 is 0 Å². The molecule has 0 radical (unpaired) electrons. The molecule has 0 spiro atoms. The summed E-state index contributed by atoms with van der Waals surface area (Å²) >= 11 is 1.48. The van der Waals surface area contributed by atoms with Gasteiger partial charge in [-0.15, -0.1) is 0 Å². The number of aliphatic hydroxyl groups is 1. The van der Waals surface area contributed by atoms with Gasteiger partial charge in [-0.1, -0.05) is 12.1 Å². The van der Waals surface area contributed by atoms with Gasteiger partial charge in [0.2, 0.25) is 5.89 Å². The van der Waals surface area contributed by atoms with E-state index in [1.165, 1.54) is 30.5 Å². The highest BCUT2D eigenvalue weighted by molar-refractivity contribution is 7.97. The van der Waals surface area contributed by atoms with Crippen LogP contribution in [-0.4, -0.2) is 38.6 Å². The third-order valence-electron chi connectivity index (χ3n) is 6.14. The number of aromatic nitrogens is 2. The fourth-order valence-electron chi connectivity index (χ4n) is 4.18. The quantitative estimate of drug-likeness (QED) is 0.371. The van der Waals surface area contributed by atoms with Crippen molar-refractivity contribution in [2.75, 3.05) is 13.1 Å². The smallest absolute Gasteiger partial charge is 0.228 e. The molecule has 4 aromatic rings. The number of benzene rings is 2. The normalized spacial score (nSPS) is 16.6. The number of oxazole rings is 1. The zero-order valence-electron chi connectivity index (χ0n) is 18.7. The highest BCUT2D eigenvalue weighted by Crippen LogP contribution is 2.35. The summed E-state index contributed by atoms with van der Waals surface area (Å²) in [6, 6.07) is 14.5. The fourth-order valence-corrected chi connectivity index (χ4v) is 5.17. The van der Waals surface area contributed by atoms with E-state index in [4.69, 9.17) is 9.15 Å². The van der Waals surface area contributed by atoms with Gasteiger partial charge >= 0.3 is 0 Å². The lowest BCUT2D eigenvalue weighted by atomic mass is 10.0. The number of nitrogens with zero attached hydrogens (tertiary/aromatic N) is 3. The number of pyridine rings is 1. The predicted molar refractivity (Wildman–Crippen MR) is 129 cm³/mol. The standard InChI is InChI=1S/C26H23FN4O3S/c27-23-10-21(4-5-22(23)26-29-6-7-33-26)35-31-14-17-9-24(30-11-18(17)15-31)25(32)16-2-1-3-19(8-16)34-20-12-28-13-20/h1-11,20,25,28,32H,12-15H2. The van der Waals surface area contributed by atoms with Gasteiger partial charge in [-0.3, -0.25) is 4.98 Å². The molecule has 0 bridgehead atoms. The summed E-state index contributed by atoms with van der Waals surface area (Å²) < 4.78 is 27.9. The number of hydrogen-bond acceptors (Lipinski definition) is 8. The number of fused-ring (bicyclic) bond motifs is 1. The highest BCUT2D eigenvalue weighted by atomic mass is 32.2. The molecular formula is C26H23FN4O3S. The van der Waals surface area contributed by atoms with E-state index in [1.54, 1.807) is 6.07 Å². The van der Waals surface area contributed by atoms with Gasteiger partial charge in [-0.25, -0.2) is 13.7 Å². The van der Waals surface area contributed by atoms with Crippen LogP contribution in [0.15, 0.2) is 76.5 Å². The van der Waals surface area contributed by atoms with Crippen molar-refractivity contribution in [2.24, 2.45) is 0 Å². The first-order valence-electron chi connectivity index (χ1n) is 11.4. The summed E-state index contributed by atoms with van der Waals surface area (Å²) in [7, 11) is 0. The highest BCUT2D eigenvalue weighted by Gasteiger charge is 2.24. The number of ether oxygens (including phenoxy) is 1. The molecule has 0 aliphatic carbocycles. The molecule has 1 unspecified atom stereocenters. The monoisotopic (exact) mass is 490 g/mol. The van der Waals surface area contributed by atoms with Crippen LogP contribution in [0.3, 0.4) is 0 Å². The molecule has 1 atom stereocenters. The van der Waals surface area contributed by atoms with Crippen LogP contribution in [0.2, 0.25) is 0 Å². The Morgan fingerprint density at radius 1 is 1.11 bits per heavy atom. The van der Waals surface area contributed by atoms with E-state index in [9.17, 15) is 9.50 Å². The van der Waals surface area contributed by atoms with Crippen molar-refractivity contribution >= 4 is 11.9 Å². The SMILES string of the molecule is OC(c1cccc(OC2CNC2)c1)c1cc2c(cn1)CN(Sc1ccc(-c3ncco3)c(F)c1)C2. The van der Waals surface area contributed by atoms with Crippen LogP contribution in [0.25, 0.3) is 11.5 Å². The summed E-state index contributed by atoms with van der Waals surface area (Å²) in [6.45, 7) is 3.03. The molecule has 2 aromatic carbocycles. The Kier molecular flexibility index (Phi) is 5.99. The van der Waals surface area contributed by atoms with Crippen LogP contribution in [0.4, 0.5) is 4.39 Å². The molecule has 2 aliphatic rings. The first kappa shape index (κ1) is 22.2. The summed E-state index contributed by atoms with van der Waals surface area (Å²) in [5.74, 6) is 0.640. The van der Waals surface area contributed by atoms with Crippen LogP contribution in [0.5, 0.6) is 5.75 Å². The molecule has 35 heavy (non-hydrogen) atoms. The van der Waals surface area contributed by atoms with Crippen molar-refractivity contribution in [1.29, 1.82) is 0 Å². The van der Waals surface area contributed by atoms with E-state index in [0.717, 1.165) is 40.4 Å². The average Bonchev–Trinajstić information content (AvgIpc) is 3.50. The Morgan fingerprint density at radius 3 is 2.77 bits per heavy atom. The number of rotatable bonds is 7. The van der Waals surface area contributed by atoms with Gasteiger partial charge in [0.05, 0.1) is 17.5 Å². The van der Waals surface area contributed by atoms with E-state index in [2.05, 4.69) is 19.6 Å². The van der Waals surface area contributed by atoms with Crippen LogP contribution in [0, 0.1) is 5.82 Å². The Hall–Kier alpha value is -3.24. The lowest BCUT2D eigenvalue weighted by Gasteiger charge is -2.28. The molecule has 0 saturated carbocycles. The second-order valence-corrected chi connectivity index (χ2v) is 9.79. The minimum absolute atomic E-state index is 0.176. The minimum Gasteiger partial charge on any atom is -0.488 e. The van der Waals surface area contributed by atoms with Crippen molar-refractivity contribution in [1.82, 2.24) is 19.6 Å². The van der Waals surface area contributed by atoms with Crippen LogP contribution in [-0.2, 0) is 13.1 Å². The van der Waals surface area contributed by atoms with Crippen LogP contribution >= 0.6 is 11.9 Å². The molecule has 1 fully saturated rings. The second kappa shape index (κ2) is 9.43. The maximum absolute atomic E-state index is 14.6. The largest absolute Gasteiger partial charge is 0.488 e. The fraction of sp³-hybridized carbons (Fsp3) is 0.231. The van der Waals surface area contributed by atoms with Gasteiger partial charge in [0.1, 0.15) is 30.0 Å². The maximum atomic E-state index is 14.6. The van der Waals surface area contributed by atoms with E-state index in [1.807, 2.05) is 42.6 Å². The van der Waals surface area contributed by atoms with Crippen molar-refractivity contribution in [2.45, 2.75) is 30.2 Å². The van der Waals surface area contributed by atoms with E-state index in [-0.39, 0.29) is 17.8 Å². The Morgan fingerprint density at radius 2 is 2.00 bits per heavy atom. The summed E-state index contributed by atoms with van der Waals surface area (Å²) in [6.07, 6.45) is 4.07. The van der Waals surface area contributed by atoms with Gasteiger partial charge in [0.25, 0.3) is 0 Å². The van der Waals surface area contributed by atoms with Gasteiger partial charge in [0.15, 0.2) is 0 Å². The Labute approximate surface area is 206 Å². The molecule has 2 aliphatic heterocycles. The second-order valence-electron chi connectivity index (χ2n) is 8.62. The zero-order chi connectivity index (χ0) is 23.8. The van der Waals surface area contributed by atoms with Crippen molar-refractivity contribution in [3.05, 3.63) is 95.4 Å². The van der Waals surface area contributed by atoms with Crippen molar-refractivity contribution < 1.29 is 18.7 Å². The topological polar surface area (TPSA) is 83.7 Å². The van der Waals surface area contributed by atoms with Gasteiger partial charge in [0, 0.05) is 37.3 Å². The van der Waals surface area contributed by atoms with Crippen molar-refractivity contribution in [3.8, 4) is 17.2 Å². The number of nitrogens with one attached hydrogen (secondary N) is 1. The first-order chi connectivity index (χ1) is 17.1. The lowest BCUT2D eigenvalue weighted by Crippen LogP contribution is -2.50. The van der Waals surface area contributed by atoms with Crippen LogP contribution < -0.4 is 10.1 Å². The maximum Gasteiger partial charge on any atom is 0.228 e. The van der Waals surface area contributed by atoms with Gasteiger partial charge < -0.3 is 19.6 Å². The lowest BCUT2D eigenvalue weighted by molar-refractivity contribution is 0.141. The Bertz CT molecular complexity index is 1350. The average molecular weight is 491 g/mol. The molecule has 0 amide bonds. The molecule has 2 aromatic heterocycles. The predicted octanol–water partition coefficient (Wildman–Crippen LogP) is 4.33. The number of halogens is 1.